The first-order valence-electron chi connectivity index (χ1n) is 6.13. The number of ether oxygens (including phenoxy) is 1. The van der Waals surface area contributed by atoms with E-state index in [-0.39, 0.29) is 52.7 Å². The molecule has 2 aromatic carbocycles. The predicted molar refractivity (Wildman–Crippen MR) is 82.5 cm³/mol. The molecule has 0 aliphatic heterocycles. The Kier molecular flexibility index (Phi) is 27.1. The predicted octanol–water partition coefficient (Wildman–Crippen LogP) is -14.9. The average Bonchev–Trinajstić information content (AvgIpc) is 2.40. The minimum atomic E-state index is 0. The molecule has 2 aromatic rings. The molecule has 0 heterocycles. The van der Waals surface area contributed by atoms with Crippen molar-refractivity contribution in [1.82, 2.24) is 4.48 Å². The summed E-state index contributed by atoms with van der Waals surface area (Å²) in [4.78, 5) is 0. The third kappa shape index (κ3) is 10.9. The SMILES string of the molecule is COc1ccc(C[N+](C)(C)c2ccccc2)cc1.[F-].[F-].[F-].[F-].[F-].[F-].[Sb+3]. The molecule has 2 nitrogen and oxygen atoms in total. The van der Waals surface area contributed by atoms with Crippen molar-refractivity contribution in [2.24, 2.45) is 0 Å². The van der Waals surface area contributed by atoms with Crippen LogP contribution in [-0.2, 0) is 6.54 Å². The fourth-order valence-electron chi connectivity index (χ4n) is 2.11. The van der Waals surface area contributed by atoms with Crippen LogP contribution in [0.3, 0.4) is 0 Å². The van der Waals surface area contributed by atoms with Gasteiger partial charge < -0.3 is 33.0 Å². The molecule has 0 fully saturated rings. The first kappa shape index (κ1) is 38.9. The van der Waals surface area contributed by atoms with Gasteiger partial charge in [-0.25, -0.2) is 0 Å². The fourth-order valence-corrected chi connectivity index (χ4v) is 2.11. The Hall–Kier alpha value is -1.40. The average molecular weight is 478 g/mol. The number of hydrogen-bond acceptors (Lipinski definition) is 1. The number of benzene rings is 2. The fraction of sp³-hybridized carbons (Fsp3) is 0.250. The minimum absolute atomic E-state index is 0. The zero-order valence-electron chi connectivity index (χ0n) is 14.0. The van der Waals surface area contributed by atoms with Crippen molar-refractivity contribution in [1.29, 1.82) is 0 Å². The van der Waals surface area contributed by atoms with Crippen molar-refractivity contribution in [3.05, 3.63) is 60.2 Å². The van der Waals surface area contributed by atoms with Gasteiger partial charge in [-0.2, -0.15) is 0 Å². The summed E-state index contributed by atoms with van der Waals surface area (Å²) in [6.45, 7) is 0.966. The molecule has 0 amide bonds. The van der Waals surface area contributed by atoms with Crippen molar-refractivity contribution in [3.63, 3.8) is 0 Å². The van der Waals surface area contributed by atoms with Crippen molar-refractivity contribution in [2.75, 3.05) is 21.2 Å². The van der Waals surface area contributed by atoms with Crippen LogP contribution < -0.4 is 37.4 Å². The number of halogens is 6. The van der Waals surface area contributed by atoms with Crippen LogP contribution in [0.4, 0.5) is 5.69 Å². The van der Waals surface area contributed by atoms with Gasteiger partial charge in [0.05, 0.1) is 21.2 Å². The van der Waals surface area contributed by atoms with Gasteiger partial charge in [-0.15, -0.1) is 0 Å². The van der Waals surface area contributed by atoms with Gasteiger partial charge in [-0.1, -0.05) is 18.2 Å². The summed E-state index contributed by atoms with van der Waals surface area (Å²) in [6.07, 6.45) is 0. The molecule has 0 aromatic heterocycles. The van der Waals surface area contributed by atoms with Crippen molar-refractivity contribution < 1.29 is 33.0 Å². The van der Waals surface area contributed by atoms with Crippen molar-refractivity contribution >= 4 is 30.1 Å². The summed E-state index contributed by atoms with van der Waals surface area (Å²) in [5, 5.41) is 0. The molecule has 25 heavy (non-hydrogen) atoms. The molecule has 2 radical (unpaired) electrons. The van der Waals surface area contributed by atoms with E-state index in [1.165, 1.54) is 11.3 Å². The Balaban J connectivity index is -0.000000129. The van der Waals surface area contributed by atoms with E-state index in [1.54, 1.807) is 7.11 Å². The summed E-state index contributed by atoms with van der Waals surface area (Å²) in [5.41, 5.74) is 2.62. The van der Waals surface area contributed by atoms with Gasteiger partial charge in [0.25, 0.3) is 0 Å². The maximum atomic E-state index is 5.18. The molecular formula is C16H20F6NOSb-2. The number of rotatable bonds is 4. The maximum absolute atomic E-state index is 5.18. The largest absolute Gasteiger partial charge is 3.00 e. The van der Waals surface area contributed by atoms with Crippen LogP contribution in [0.2, 0.25) is 0 Å². The molecular weight excluding hydrogens is 458 g/mol. The van der Waals surface area contributed by atoms with Crippen LogP contribution >= 0.6 is 0 Å². The van der Waals surface area contributed by atoms with Crippen LogP contribution in [0.1, 0.15) is 5.56 Å². The van der Waals surface area contributed by atoms with Crippen LogP contribution in [0, 0.1) is 0 Å². The van der Waals surface area contributed by atoms with Gasteiger partial charge in [0.15, 0.2) is 0 Å². The molecule has 0 atom stereocenters. The van der Waals surface area contributed by atoms with Crippen molar-refractivity contribution in [2.45, 2.75) is 6.54 Å². The third-order valence-electron chi connectivity index (χ3n) is 3.19. The van der Waals surface area contributed by atoms with E-state index in [0.29, 0.717) is 0 Å². The quantitative estimate of drug-likeness (QED) is 0.241. The number of nitrogens with zero attached hydrogens (tertiary/aromatic N) is 1. The van der Waals surface area contributed by atoms with Crippen LogP contribution in [0.5, 0.6) is 5.75 Å². The van der Waals surface area contributed by atoms with Gasteiger partial charge in [0, 0.05) is 5.56 Å². The molecule has 0 aliphatic carbocycles. The van der Waals surface area contributed by atoms with E-state index in [1.807, 2.05) is 12.1 Å². The summed E-state index contributed by atoms with van der Waals surface area (Å²) < 4.78 is 6.02. The molecule has 144 valence electrons. The Morgan fingerprint density at radius 3 is 1.56 bits per heavy atom. The summed E-state index contributed by atoms with van der Waals surface area (Å²) in [5.74, 6) is 0.906. The number of para-hydroxylation sites is 1. The normalized spacial score (nSPS) is 8.12. The summed E-state index contributed by atoms with van der Waals surface area (Å²) in [6, 6.07) is 18.8. The van der Waals surface area contributed by atoms with E-state index in [0.717, 1.165) is 16.8 Å². The zero-order valence-corrected chi connectivity index (χ0v) is 16.5. The molecule has 9 heteroatoms. The maximum Gasteiger partial charge on any atom is 3.00 e. The van der Waals surface area contributed by atoms with Gasteiger partial charge in [0.1, 0.15) is 18.0 Å². The molecule has 0 bridgehead atoms. The van der Waals surface area contributed by atoms with Crippen LogP contribution in [0.15, 0.2) is 54.6 Å². The summed E-state index contributed by atoms with van der Waals surface area (Å²) >= 11 is 0. The Labute approximate surface area is 161 Å². The topological polar surface area (TPSA) is 9.23 Å². The standard InChI is InChI=1S/C16H20NO.6FH.Sb/c1-17(2,15-7-5-4-6-8-15)13-14-9-11-16(18-3)12-10-14;;;;;;;/h4-12H,13H2,1-3H3;6*1H;/q+1;;;;;;;+3/p-6. The molecule has 0 unspecified atom stereocenters. The number of hydrogen-bond donors (Lipinski definition) is 0. The van der Waals surface area contributed by atoms with Gasteiger partial charge in [-0.05, 0) is 36.4 Å². The van der Waals surface area contributed by atoms with Gasteiger partial charge in [-0.3, -0.25) is 4.48 Å². The second kappa shape index (κ2) is 17.4. The first-order valence-corrected chi connectivity index (χ1v) is 6.13. The third-order valence-corrected chi connectivity index (χ3v) is 3.19. The van der Waals surface area contributed by atoms with E-state index < -0.39 is 0 Å². The van der Waals surface area contributed by atoms with E-state index >= 15 is 0 Å². The van der Waals surface area contributed by atoms with Gasteiger partial charge >= 0.3 is 24.4 Å². The van der Waals surface area contributed by atoms with Crippen LogP contribution in [-0.4, -0.2) is 45.6 Å². The Morgan fingerprint density at radius 2 is 1.16 bits per heavy atom. The molecule has 2 rings (SSSR count). The Bertz CT molecular complexity index is 514. The zero-order chi connectivity index (χ0) is 13.0. The first-order chi connectivity index (χ1) is 8.62. The minimum Gasteiger partial charge on any atom is -1.00 e. The monoisotopic (exact) mass is 477 g/mol. The Morgan fingerprint density at radius 1 is 0.720 bits per heavy atom. The molecule has 0 saturated carbocycles. The van der Waals surface area contributed by atoms with E-state index in [4.69, 9.17) is 4.74 Å². The van der Waals surface area contributed by atoms with Gasteiger partial charge in [0.2, 0.25) is 0 Å². The van der Waals surface area contributed by atoms with E-state index in [9.17, 15) is 0 Å². The molecule has 0 spiro atoms. The molecule has 0 saturated heterocycles. The van der Waals surface area contributed by atoms with E-state index in [2.05, 4.69) is 56.6 Å². The summed E-state index contributed by atoms with van der Waals surface area (Å²) in [7, 11) is 6.14. The number of quaternary nitrogens is 1. The van der Waals surface area contributed by atoms with Crippen molar-refractivity contribution in [3.8, 4) is 5.75 Å². The number of methoxy groups -OCH3 is 1. The molecule has 0 N–H and O–H groups in total. The smallest absolute Gasteiger partial charge is 1.00 e. The second-order valence-corrected chi connectivity index (χ2v) is 5.03. The van der Waals surface area contributed by atoms with Crippen LogP contribution in [0.25, 0.3) is 0 Å². The second-order valence-electron chi connectivity index (χ2n) is 5.03. The molecule has 0 aliphatic rings.